The van der Waals surface area contributed by atoms with Crippen LogP contribution in [0, 0.1) is 0 Å². The van der Waals surface area contributed by atoms with Gasteiger partial charge in [-0.25, -0.2) is 13.4 Å². The fraction of sp³-hybridized carbons (Fsp3) is 0.167. The van der Waals surface area contributed by atoms with Crippen molar-refractivity contribution in [3.05, 3.63) is 8.81 Å². The molecule has 0 saturated carbocycles. The highest BCUT2D eigenvalue weighted by Crippen LogP contribution is 2.48. The molecule has 1 aromatic rings. The number of rotatable bonds is 0. The molecule has 0 amide bonds. The summed E-state index contributed by atoms with van der Waals surface area (Å²) in [5, 5.41) is 0.571. The molecule has 0 bridgehead atoms. The SMILES string of the molecule is CS(=O)(=O)C1=Nc2sc(Cl)c(Br)c2SN1. The van der Waals surface area contributed by atoms with Crippen LogP contribution in [0.5, 0.6) is 0 Å². The maximum absolute atomic E-state index is 11.2. The molecule has 0 spiro atoms. The molecule has 1 aliphatic heterocycles. The fourth-order valence-corrected chi connectivity index (χ4v) is 4.68. The number of halogens is 2. The minimum atomic E-state index is -3.31. The molecule has 0 saturated heterocycles. The highest BCUT2D eigenvalue weighted by atomic mass is 79.9. The van der Waals surface area contributed by atoms with Crippen LogP contribution in [-0.4, -0.2) is 19.8 Å². The molecule has 1 aromatic heterocycles. The summed E-state index contributed by atoms with van der Waals surface area (Å²) in [6, 6.07) is 0. The minimum Gasteiger partial charge on any atom is -0.300 e. The van der Waals surface area contributed by atoms with Gasteiger partial charge in [0.15, 0.2) is 0 Å². The first-order valence-electron chi connectivity index (χ1n) is 3.59. The predicted octanol–water partition coefficient (Wildman–Crippen LogP) is 2.81. The maximum Gasteiger partial charge on any atom is 0.232 e. The van der Waals surface area contributed by atoms with Crippen LogP contribution in [0.2, 0.25) is 4.34 Å². The van der Waals surface area contributed by atoms with Crippen molar-refractivity contribution in [1.29, 1.82) is 0 Å². The van der Waals surface area contributed by atoms with Gasteiger partial charge in [0.25, 0.3) is 0 Å². The molecule has 1 N–H and O–H groups in total. The molecular formula is C6H4BrClN2O2S3. The molecule has 0 unspecified atom stereocenters. The van der Waals surface area contributed by atoms with E-state index in [-0.39, 0.29) is 5.17 Å². The lowest BCUT2D eigenvalue weighted by molar-refractivity contribution is 0.612. The molecule has 4 nitrogen and oxygen atoms in total. The van der Waals surface area contributed by atoms with Gasteiger partial charge in [0, 0.05) is 6.26 Å². The summed E-state index contributed by atoms with van der Waals surface area (Å²) in [7, 11) is -3.31. The Hall–Kier alpha value is 0.240. The second kappa shape index (κ2) is 3.92. The van der Waals surface area contributed by atoms with Crippen molar-refractivity contribution in [2.75, 3.05) is 6.26 Å². The van der Waals surface area contributed by atoms with E-state index in [4.69, 9.17) is 11.6 Å². The van der Waals surface area contributed by atoms with Crippen molar-refractivity contribution in [1.82, 2.24) is 4.72 Å². The number of hydrogen-bond donors (Lipinski definition) is 1. The standard InChI is InChI=1S/C6H4BrClN2O2S3/c1-15(11,12)6-9-5-3(14-10-6)2(7)4(8)13-5/h1H3,(H,9,10). The van der Waals surface area contributed by atoms with Gasteiger partial charge in [-0.15, -0.1) is 11.3 Å². The molecule has 0 radical (unpaired) electrons. The van der Waals surface area contributed by atoms with Crippen LogP contribution < -0.4 is 4.72 Å². The quantitative estimate of drug-likeness (QED) is 0.733. The summed E-state index contributed by atoms with van der Waals surface area (Å²) in [5.74, 6) is 0. The molecule has 1 aliphatic rings. The zero-order valence-corrected chi connectivity index (χ0v) is 12.0. The number of aliphatic imine (C=N–C) groups is 1. The van der Waals surface area contributed by atoms with Crippen molar-refractivity contribution in [3.63, 3.8) is 0 Å². The average Bonchev–Trinajstić information content (AvgIpc) is 2.41. The van der Waals surface area contributed by atoms with E-state index in [0.717, 1.165) is 15.6 Å². The third-order valence-corrected chi connectivity index (χ3v) is 6.44. The lowest BCUT2D eigenvalue weighted by atomic mass is 10.6. The predicted molar refractivity (Wildman–Crippen MR) is 68.0 cm³/mol. The van der Waals surface area contributed by atoms with Crippen LogP contribution in [0.3, 0.4) is 0 Å². The van der Waals surface area contributed by atoms with Gasteiger partial charge < -0.3 is 4.72 Å². The van der Waals surface area contributed by atoms with Gasteiger partial charge in [-0.2, -0.15) is 0 Å². The third kappa shape index (κ3) is 2.19. The Kier molecular flexibility index (Phi) is 3.06. The van der Waals surface area contributed by atoms with E-state index in [1.807, 2.05) is 0 Å². The second-order valence-corrected chi connectivity index (χ2v) is 7.86. The van der Waals surface area contributed by atoms with E-state index in [2.05, 4.69) is 25.6 Å². The summed E-state index contributed by atoms with van der Waals surface area (Å²) in [4.78, 5) is 4.82. The van der Waals surface area contributed by atoms with Gasteiger partial charge in [0.1, 0.15) is 9.34 Å². The smallest absolute Gasteiger partial charge is 0.232 e. The molecule has 0 aliphatic carbocycles. The van der Waals surface area contributed by atoms with Crippen LogP contribution in [0.4, 0.5) is 5.00 Å². The van der Waals surface area contributed by atoms with E-state index in [1.54, 1.807) is 0 Å². The van der Waals surface area contributed by atoms with E-state index >= 15 is 0 Å². The fourth-order valence-electron chi connectivity index (χ4n) is 0.890. The van der Waals surface area contributed by atoms with Crippen molar-refractivity contribution >= 4 is 70.8 Å². The van der Waals surface area contributed by atoms with Crippen LogP contribution in [0.25, 0.3) is 0 Å². The summed E-state index contributed by atoms with van der Waals surface area (Å²) in [5.41, 5.74) is 0. The Morgan fingerprint density at radius 3 is 2.80 bits per heavy atom. The first-order chi connectivity index (χ1) is 6.89. The van der Waals surface area contributed by atoms with E-state index in [0.29, 0.717) is 9.34 Å². The van der Waals surface area contributed by atoms with E-state index in [1.165, 1.54) is 23.3 Å². The summed E-state index contributed by atoms with van der Waals surface area (Å²) < 4.78 is 26.5. The Balaban J connectivity index is 2.56. The molecule has 9 heteroatoms. The zero-order chi connectivity index (χ0) is 11.2. The summed E-state index contributed by atoms with van der Waals surface area (Å²) >= 11 is 11.6. The summed E-state index contributed by atoms with van der Waals surface area (Å²) in [6.07, 6.45) is 1.11. The monoisotopic (exact) mass is 346 g/mol. The molecule has 2 heterocycles. The van der Waals surface area contributed by atoms with Gasteiger partial charge in [-0.05, 0) is 27.9 Å². The Morgan fingerprint density at radius 1 is 1.53 bits per heavy atom. The largest absolute Gasteiger partial charge is 0.300 e. The van der Waals surface area contributed by atoms with Gasteiger partial charge in [0.05, 0.1) is 9.37 Å². The Bertz CT molecular complexity index is 551. The lowest BCUT2D eigenvalue weighted by Gasteiger charge is -2.11. The molecular weight excluding hydrogens is 344 g/mol. The highest BCUT2D eigenvalue weighted by Gasteiger charge is 2.24. The number of thiophene rings is 1. The number of nitrogens with one attached hydrogen (secondary N) is 1. The number of nitrogens with zero attached hydrogens (tertiary/aromatic N) is 1. The normalized spacial score (nSPS) is 15.5. The summed E-state index contributed by atoms with van der Waals surface area (Å²) in [6.45, 7) is 0. The topological polar surface area (TPSA) is 58.5 Å². The molecule has 15 heavy (non-hydrogen) atoms. The van der Waals surface area contributed by atoms with Crippen molar-refractivity contribution in [2.24, 2.45) is 4.99 Å². The third-order valence-electron chi connectivity index (χ3n) is 1.55. The van der Waals surface area contributed by atoms with Crippen molar-refractivity contribution < 1.29 is 8.42 Å². The Labute approximate surface area is 108 Å². The van der Waals surface area contributed by atoms with Crippen molar-refractivity contribution in [2.45, 2.75) is 4.90 Å². The molecule has 0 aromatic carbocycles. The minimum absolute atomic E-state index is 0.0367. The van der Waals surface area contributed by atoms with Gasteiger partial charge in [0.2, 0.25) is 15.0 Å². The average molecular weight is 348 g/mol. The first-order valence-corrected chi connectivity index (χ1v) is 8.28. The number of fused-ring (bicyclic) bond motifs is 1. The highest BCUT2D eigenvalue weighted by molar-refractivity contribution is 9.10. The van der Waals surface area contributed by atoms with Crippen molar-refractivity contribution in [3.8, 4) is 0 Å². The van der Waals surface area contributed by atoms with E-state index in [9.17, 15) is 8.42 Å². The van der Waals surface area contributed by atoms with Gasteiger partial charge in [-0.1, -0.05) is 11.6 Å². The molecule has 0 fully saturated rings. The number of sulfone groups is 1. The lowest BCUT2D eigenvalue weighted by Crippen LogP contribution is -2.26. The first kappa shape index (κ1) is 11.7. The van der Waals surface area contributed by atoms with Crippen LogP contribution in [0.1, 0.15) is 0 Å². The molecule has 0 atom stereocenters. The van der Waals surface area contributed by atoms with Crippen LogP contribution >= 0.6 is 50.8 Å². The Morgan fingerprint density at radius 2 is 2.20 bits per heavy atom. The number of hydrogen-bond acceptors (Lipinski definition) is 6. The zero-order valence-electron chi connectivity index (χ0n) is 7.24. The van der Waals surface area contributed by atoms with Gasteiger partial charge >= 0.3 is 0 Å². The van der Waals surface area contributed by atoms with E-state index < -0.39 is 9.84 Å². The van der Waals surface area contributed by atoms with Gasteiger partial charge in [-0.3, -0.25) is 0 Å². The second-order valence-electron chi connectivity index (χ2n) is 2.72. The van der Waals surface area contributed by atoms with Crippen LogP contribution in [0.15, 0.2) is 14.4 Å². The van der Waals surface area contributed by atoms with Crippen LogP contribution in [-0.2, 0) is 9.84 Å². The maximum atomic E-state index is 11.2. The molecule has 82 valence electrons. The number of amidine groups is 1. The molecule has 2 rings (SSSR count).